The monoisotopic (exact) mass is 340 g/mol. The molecule has 2 aliphatic rings. The molecular formula is C19H36N2O3. The van der Waals surface area contributed by atoms with Crippen molar-refractivity contribution < 1.29 is 14.7 Å². The summed E-state index contributed by atoms with van der Waals surface area (Å²) < 4.78 is 0. The van der Waals surface area contributed by atoms with Gasteiger partial charge in [0, 0.05) is 37.5 Å². The molecule has 2 aliphatic heterocycles. The van der Waals surface area contributed by atoms with Gasteiger partial charge in [-0.2, -0.15) is 0 Å². The van der Waals surface area contributed by atoms with E-state index in [0.717, 1.165) is 25.9 Å². The van der Waals surface area contributed by atoms with E-state index >= 15 is 0 Å². The van der Waals surface area contributed by atoms with Crippen molar-refractivity contribution in [1.82, 2.24) is 9.80 Å². The maximum atomic E-state index is 12.7. The van der Waals surface area contributed by atoms with Gasteiger partial charge >= 0.3 is 0 Å². The van der Waals surface area contributed by atoms with Crippen molar-refractivity contribution in [3.63, 3.8) is 0 Å². The molecule has 0 aromatic rings. The number of ketones is 1. The van der Waals surface area contributed by atoms with Crippen molar-refractivity contribution in [3.8, 4) is 0 Å². The number of likely N-dealkylation sites (tertiary alicyclic amines) is 2. The van der Waals surface area contributed by atoms with Gasteiger partial charge in [-0.05, 0) is 45.8 Å². The molecule has 0 aromatic heterocycles. The molecule has 2 rings (SSSR count). The summed E-state index contributed by atoms with van der Waals surface area (Å²) in [6.07, 6.45) is 3.08. The molecule has 0 aliphatic carbocycles. The van der Waals surface area contributed by atoms with E-state index in [1.807, 2.05) is 11.8 Å². The zero-order valence-corrected chi connectivity index (χ0v) is 16.1. The highest BCUT2D eigenvalue weighted by molar-refractivity contribution is 5.81. The van der Waals surface area contributed by atoms with E-state index in [1.54, 1.807) is 6.92 Å². The molecule has 0 spiro atoms. The van der Waals surface area contributed by atoms with Crippen LogP contribution in [-0.2, 0) is 9.59 Å². The number of carbonyl (C=O) groups is 2. The number of piperidine rings is 2. The average Bonchev–Trinajstić information content (AvgIpc) is 2.54. The second-order valence-electron chi connectivity index (χ2n) is 7.58. The standard InChI is InChI=1S/C16H28N2O3.C3H8/c1-11-8-18(9-14(10-19)15(11)12(2)20)16(21)13-4-6-17(3)7-5-13;1-3-2/h11,13-15,19H,4-10H2,1-3H3;3H2,1-2H3. The number of Topliss-reactive ketones (excluding diaryl/α,β-unsaturated/α-hetero) is 1. The molecule has 140 valence electrons. The van der Waals surface area contributed by atoms with Crippen LogP contribution in [-0.4, -0.2) is 66.4 Å². The van der Waals surface area contributed by atoms with E-state index in [1.165, 1.54) is 6.42 Å². The summed E-state index contributed by atoms with van der Waals surface area (Å²) in [5, 5.41) is 9.58. The SMILES string of the molecule is CC(=O)C1C(C)CN(C(=O)C2CCN(C)CC2)CC1CO.CCC. The smallest absolute Gasteiger partial charge is 0.225 e. The normalized spacial score (nSPS) is 28.9. The van der Waals surface area contributed by atoms with Crippen LogP contribution in [0.25, 0.3) is 0 Å². The minimum Gasteiger partial charge on any atom is -0.396 e. The molecule has 3 unspecified atom stereocenters. The van der Waals surface area contributed by atoms with Gasteiger partial charge in [-0.1, -0.05) is 27.2 Å². The predicted molar refractivity (Wildman–Crippen MR) is 96.7 cm³/mol. The topological polar surface area (TPSA) is 60.9 Å². The first kappa shape index (κ1) is 21.1. The van der Waals surface area contributed by atoms with Gasteiger partial charge in [0.05, 0.1) is 0 Å². The second-order valence-corrected chi connectivity index (χ2v) is 7.58. The lowest BCUT2D eigenvalue weighted by Crippen LogP contribution is -2.53. The molecule has 24 heavy (non-hydrogen) atoms. The summed E-state index contributed by atoms with van der Waals surface area (Å²) in [7, 11) is 2.09. The van der Waals surface area contributed by atoms with Crippen LogP contribution >= 0.6 is 0 Å². The number of hydrogen-bond donors (Lipinski definition) is 1. The third kappa shape index (κ3) is 5.55. The lowest BCUT2D eigenvalue weighted by molar-refractivity contribution is -0.145. The molecule has 1 amide bonds. The second kappa shape index (κ2) is 10.1. The third-order valence-electron chi connectivity index (χ3n) is 5.17. The van der Waals surface area contributed by atoms with Crippen LogP contribution in [0.2, 0.25) is 0 Å². The molecule has 0 saturated carbocycles. The highest BCUT2D eigenvalue weighted by Gasteiger charge is 2.40. The number of aliphatic hydroxyl groups is 1. The van der Waals surface area contributed by atoms with Crippen molar-refractivity contribution in [3.05, 3.63) is 0 Å². The number of amides is 1. The van der Waals surface area contributed by atoms with E-state index < -0.39 is 0 Å². The van der Waals surface area contributed by atoms with Gasteiger partial charge in [0.25, 0.3) is 0 Å². The van der Waals surface area contributed by atoms with Crippen molar-refractivity contribution in [2.24, 2.45) is 23.7 Å². The highest BCUT2D eigenvalue weighted by Crippen LogP contribution is 2.31. The zero-order chi connectivity index (χ0) is 18.3. The molecule has 3 atom stereocenters. The van der Waals surface area contributed by atoms with Crippen molar-refractivity contribution in [1.29, 1.82) is 0 Å². The average molecular weight is 341 g/mol. The highest BCUT2D eigenvalue weighted by atomic mass is 16.3. The van der Waals surface area contributed by atoms with Crippen molar-refractivity contribution in [2.45, 2.75) is 47.0 Å². The summed E-state index contributed by atoms with van der Waals surface area (Å²) in [6.45, 7) is 11.0. The predicted octanol–water partition coefficient (Wildman–Crippen LogP) is 2.04. The van der Waals surface area contributed by atoms with Crippen LogP contribution in [0.1, 0.15) is 47.0 Å². The Hall–Kier alpha value is -0.940. The fraction of sp³-hybridized carbons (Fsp3) is 0.895. The Morgan fingerprint density at radius 2 is 1.67 bits per heavy atom. The minimum atomic E-state index is -0.114. The Balaban J connectivity index is 0.000000891. The molecule has 0 aromatic carbocycles. The molecule has 2 heterocycles. The maximum absolute atomic E-state index is 12.7. The summed E-state index contributed by atoms with van der Waals surface area (Å²) in [5.74, 6) is 0.367. The molecule has 0 bridgehead atoms. The van der Waals surface area contributed by atoms with Gasteiger partial charge in [-0.3, -0.25) is 9.59 Å². The first-order chi connectivity index (χ1) is 11.3. The molecule has 0 radical (unpaired) electrons. The Bertz CT molecular complexity index is 405. The molecule has 2 fully saturated rings. The fourth-order valence-corrected chi connectivity index (χ4v) is 3.99. The van der Waals surface area contributed by atoms with E-state index in [2.05, 4.69) is 25.8 Å². The lowest BCUT2D eigenvalue weighted by atomic mass is 9.76. The molecule has 1 N–H and O–H groups in total. The molecule has 2 saturated heterocycles. The Labute approximate surface area is 147 Å². The molecule has 5 nitrogen and oxygen atoms in total. The zero-order valence-electron chi connectivity index (χ0n) is 16.1. The van der Waals surface area contributed by atoms with Gasteiger partial charge in [0.15, 0.2) is 0 Å². The summed E-state index contributed by atoms with van der Waals surface area (Å²) >= 11 is 0. The number of rotatable bonds is 3. The minimum absolute atomic E-state index is 0.0221. The van der Waals surface area contributed by atoms with Gasteiger partial charge in [0.1, 0.15) is 5.78 Å². The van der Waals surface area contributed by atoms with Gasteiger partial charge in [0.2, 0.25) is 5.91 Å². The summed E-state index contributed by atoms with van der Waals surface area (Å²) in [6, 6.07) is 0. The quantitative estimate of drug-likeness (QED) is 0.854. The number of nitrogens with zero attached hydrogens (tertiary/aromatic N) is 2. The fourth-order valence-electron chi connectivity index (χ4n) is 3.99. The van der Waals surface area contributed by atoms with Crippen LogP contribution in [0.5, 0.6) is 0 Å². The van der Waals surface area contributed by atoms with E-state index in [4.69, 9.17) is 0 Å². The summed E-state index contributed by atoms with van der Waals surface area (Å²) in [4.78, 5) is 28.6. The first-order valence-corrected chi connectivity index (χ1v) is 9.44. The van der Waals surface area contributed by atoms with Crippen LogP contribution < -0.4 is 0 Å². The van der Waals surface area contributed by atoms with Crippen LogP contribution in [0.15, 0.2) is 0 Å². The number of carbonyl (C=O) groups excluding carboxylic acids is 2. The van der Waals surface area contributed by atoms with E-state index in [0.29, 0.717) is 13.1 Å². The Kier molecular flexibility index (Phi) is 8.92. The summed E-state index contributed by atoms with van der Waals surface area (Å²) in [5.41, 5.74) is 0. The van der Waals surface area contributed by atoms with Crippen molar-refractivity contribution >= 4 is 11.7 Å². The number of aliphatic hydroxyl groups excluding tert-OH is 1. The lowest BCUT2D eigenvalue weighted by Gasteiger charge is -2.43. The van der Waals surface area contributed by atoms with Crippen LogP contribution in [0.3, 0.4) is 0 Å². The molecule has 5 heteroatoms. The number of hydrogen-bond acceptors (Lipinski definition) is 4. The van der Waals surface area contributed by atoms with E-state index in [-0.39, 0.29) is 42.0 Å². The largest absolute Gasteiger partial charge is 0.396 e. The maximum Gasteiger partial charge on any atom is 0.225 e. The Morgan fingerprint density at radius 3 is 2.12 bits per heavy atom. The first-order valence-electron chi connectivity index (χ1n) is 9.44. The van der Waals surface area contributed by atoms with E-state index in [9.17, 15) is 14.7 Å². The van der Waals surface area contributed by atoms with Gasteiger partial charge in [-0.15, -0.1) is 0 Å². The Morgan fingerprint density at radius 1 is 1.12 bits per heavy atom. The third-order valence-corrected chi connectivity index (χ3v) is 5.17. The van der Waals surface area contributed by atoms with Gasteiger partial charge in [-0.25, -0.2) is 0 Å². The van der Waals surface area contributed by atoms with Crippen LogP contribution in [0, 0.1) is 23.7 Å². The van der Waals surface area contributed by atoms with Gasteiger partial charge < -0.3 is 14.9 Å². The molecular weight excluding hydrogens is 304 g/mol. The van der Waals surface area contributed by atoms with Crippen LogP contribution in [0.4, 0.5) is 0 Å². The van der Waals surface area contributed by atoms with Crippen molar-refractivity contribution in [2.75, 3.05) is 39.8 Å².